The summed E-state index contributed by atoms with van der Waals surface area (Å²) in [6, 6.07) is 13.6. The first-order valence-electron chi connectivity index (χ1n) is 11.1. The summed E-state index contributed by atoms with van der Waals surface area (Å²) in [6.07, 6.45) is 3.60. The molecule has 34 heavy (non-hydrogen) atoms. The summed E-state index contributed by atoms with van der Waals surface area (Å²) in [5, 5.41) is 6.21. The van der Waals surface area contributed by atoms with Gasteiger partial charge in [-0.3, -0.25) is 9.79 Å². The molecule has 0 aliphatic carbocycles. The summed E-state index contributed by atoms with van der Waals surface area (Å²) in [7, 11) is 1.90. The molecule has 2 aromatic carbocycles. The second-order valence-electron chi connectivity index (χ2n) is 8.47. The molecule has 0 atom stereocenters. The van der Waals surface area contributed by atoms with Gasteiger partial charge < -0.3 is 19.9 Å². The fraction of sp³-hybridized carbons (Fsp3) is 0.240. The van der Waals surface area contributed by atoms with E-state index in [4.69, 9.17) is 14.7 Å². The molecule has 0 saturated carbocycles. The van der Waals surface area contributed by atoms with Gasteiger partial charge in [-0.2, -0.15) is 0 Å². The molecule has 2 N–H and O–H groups in total. The number of ether oxygens (including phenoxy) is 1. The van der Waals surface area contributed by atoms with Gasteiger partial charge in [0.15, 0.2) is 29.4 Å². The number of aryl methyl sites for hydroxylation is 1. The molecule has 0 bridgehead atoms. The number of hydrogen-bond donors (Lipinski definition) is 2. The zero-order valence-electron chi connectivity index (χ0n) is 19.2. The second-order valence-corrected chi connectivity index (χ2v) is 8.47. The van der Waals surface area contributed by atoms with E-state index in [1.165, 1.54) is 5.56 Å². The summed E-state index contributed by atoms with van der Waals surface area (Å²) in [6.45, 7) is 4.48. The number of rotatable bonds is 7. The van der Waals surface area contributed by atoms with Gasteiger partial charge >= 0.3 is 0 Å². The number of fused-ring (bicyclic) bond motifs is 2. The van der Waals surface area contributed by atoms with Crippen molar-refractivity contribution in [3.05, 3.63) is 59.9 Å². The zero-order valence-corrected chi connectivity index (χ0v) is 19.2. The van der Waals surface area contributed by atoms with Gasteiger partial charge in [-0.15, -0.1) is 0 Å². The molecular weight excluding hydrogens is 430 g/mol. The Labute approximate surface area is 196 Å². The normalized spacial score (nSPS) is 12.2. The minimum absolute atomic E-state index is 0.0578. The molecule has 0 radical (unpaired) electrons. The molecule has 0 fully saturated rings. The highest BCUT2D eigenvalue weighted by Gasteiger charge is 2.15. The van der Waals surface area contributed by atoms with Crippen LogP contribution < -0.4 is 15.4 Å². The number of benzene rings is 2. The second kappa shape index (κ2) is 8.93. The fourth-order valence-electron chi connectivity index (χ4n) is 3.78. The predicted molar refractivity (Wildman–Crippen MR) is 132 cm³/mol. The van der Waals surface area contributed by atoms with Gasteiger partial charge in [0.1, 0.15) is 5.75 Å². The van der Waals surface area contributed by atoms with E-state index in [0.29, 0.717) is 28.6 Å². The van der Waals surface area contributed by atoms with Gasteiger partial charge in [-0.25, -0.2) is 15.0 Å². The highest BCUT2D eigenvalue weighted by molar-refractivity contribution is 5.90. The lowest BCUT2D eigenvalue weighted by molar-refractivity contribution is -0.123. The Morgan fingerprint density at radius 1 is 1.18 bits per heavy atom. The van der Waals surface area contributed by atoms with Gasteiger partial charge in [0.25, 0.3) is 5.91 Å². The largest absolute Gasteiger partial charge is 0.484 e. The van der Waals surface area contributed by atoms with Crippen molar-refractivity contribution in [2.75, 3.05) is 11.9 Å². The molecule has 9 nitrogen and oxygen atoms in total. The zero-order chi connectivity index (χ0) is 23.7. The molecule has 3 heterocycles. The van der Waals surface area contributed by atoms with Gasteiger partial charge in [0.2, 0.25) is 0 Å². The molecule has 2 aromatic heterocycles. The van der Waals surface area contributed by atoms with Crippen molar-refractivity contribution >= 4 is 34.8 Å². The summed E-state index contributed by atoms with van der Waals surface area (Å²) in [5.74, 6) is 1.54. The third kappa shape index (κ3) is 4.45. The number of nitrogens with zero attached hydrogens (tertiary/aromatic N) is 5. The number of aliphatic imine (C=N–C) groups is 1. The lowest BCUT2D eigenvalue weighted by Crippen LogP contribution is -2.34. The monoisotopic (exact) mass is 455 g/mol. The Morgan fingerprint density at radius 3 is 2.91 bits per heavy atom. The minimum atomic E-state index is -0.168. The van der Waals surface area contributed by atoms with Crippen molar-refractivity contribution in [1.82, 2.24) is 24.8 Å². The first kappa shape index (κ1) is 21.6. The number of hydrogen-bond acceptors (Lipinski definition) is 7. The molecule has 0 spiro atoms. The van der Waals surface area contributed by atoms with Gasteiger partial charge in [-0.1, -0.05) is 18.2 Å². The standard InChI is InChI=1S/C25H25N7O2/c1-15(2)28-21(33)13-34-20-6-4-5-16(10-20)23-30-24(22-25(31-23)32(3)14-27-22)29-19-8-7-17-11-26-12-18(17)9-19/h4-10,12,14-15H,11,13H2,1-3H3,(H,28,33)(H,29,30,31). The summed E-state index contributed by atoms with van der Waals surface area (Å²) < 4.78 is 7.54. The topological polar surface area (TPSA) is 106 Å². The molecule has 1 amide bonds. The highest BCUT2D eigenvalue weighted by Crippen LogP contribution is 2.29. The Morgan fingerprint density at radius 2 is 2.06 bits per heavy atom. The average molecular weight is 456 g/mol. The van der Waals surface area contributed by atoms with Gasteiger partial charge in [0, 0.05) is 30.6 Å². The van der Waals surface area contributed by atoms with Crippen molar-refractivity contribution in [3.8, 4) is 17.1 Å². The maximum Gasteiger partial charge on any atom is 0.258 e. The molecule has 0 saturated heterocycles. The van der Waals surface area contributed by atoms with Crippen LogP contribution in [0, 0.1) is 0 Å². The number of carbonyl (C=O) groups is 1. The lowest BCUT2D eigenvalue weighted by atomic mass is 10.1. The molecule has 1 aliphatic heterocycles. The van der Waals surface area contributed by atoms with Crippen LogP contribution in [0.3, 0.4) is 0 Å². The summed E-state index contributed by atoms with van der Waals surface area (Å²) in [4.78, 5) is 30.3. The van der Waals surface area contributed by atoms with Crippen LogP contribution in [0.5, 0.6) is 5.75 Å². The molecule has 1 aliphatic rings. The number of carbonyl (C=O) groups excluding carboxylic acids is 1. The maximum absolute atomic E-state index is 11.9. The SMILES string of the molecule is CC(C)NC(=O)COc1cccc(-c2nc(Nc3ccc4c(c3)C=NC4)c3ncn(C)c3n2)c1. The Kier molecular flexibility index (Phi) is 5.67. The smallest absolute Gasteiger partial charge is 0.258 e. The fourth-order valence-corrected chi connectivity index (χ4v) is 3.78. The number of anilines is 2. The average Bonchev–Trinajstić information content (AvgIpc) is 3.44. The highest BCUT2D eigenvalue weighted by atomic mass is 16.5. The first-order valence-corrected chi connectivity index (χ1v) is 11.1. The van der Waals surface area contributed by atoms with Crippen LogP contribution in [0.4, 0.5) is 11.5 Å². The van der Waals surface area contributed by atoms with Crippen LogP contribution in [0.15, 0.2) is 53.8 Å². The van der Waals surface area contributed by atoms with E-state index in [1.807, 2.05) is 55.9 Å². The predicted octanol–water partition coefficient (Wildman–Crippen LogP) is 3.61. The van der Waals surface area contributed by atoms with Crippen molar-refractivity contribution in [3.63, 3.8) is 0 Å². The third-order valence-electron chi connectivity index (χ3n) is 5.37. The van der Waals surface area contributed by atoms with Crippen LogP contribution in [0.1, 0.15) is 25.0 Å². The van der Waals surface area contributed by atoms with E-state index in [2.05, 4.69) is 32.7 Å². The van der Waals surface area contributed by atoms with E-state index in [9.17, 15) is 4.79 Å². The minimum Gasteiger partial charge on any atom is -0.484 e. The Bertz CT molecular complexity index is 1410. The van der Waals surface area contributed by atoms with Crippen LogP contribution in [-0.2, 0) is 18.4 Å². The van der Waals surface area contributed by atoms with Gasteiger partial charge in [-0.05, 0) is 49.2 Å². The van der Waals surface area contributed by atoms with Crippen LogP contribution in [0.25, 0.3) is 22.6 Å². The summed E-state index contributed by atoms with van der Waals surface area (Å²) >= 11 is 0. The van der Waals surface area contributed by atoms with Crippen LogP contribution >= 0.6 is 0 Å². The Balaban J connectivity index is 1.46. The van der Waals surface area contributed by atoms with Crippen molar-refractivity contribution in [2.45, 2.75) is 26.4 Å². The molecule has 0 unspecified atom stereocenters. The number of nitrogens with one attached hydrogen (secondary N) is 2. The number of amides is 1. The molecule has 4 aromatic rings. The van der Waals surface area contributed by atoms with Crippen molar-refractivity contribution < 1.29 is 9.53 Å². The summed E-state index contributed by atoms with van der Waals surface area (Å²) in [5.41, 5.74) is 5.36. The van der Waals surface area contributed by atoms with Crippen LogP contribution in [-0.4, -0.2) is 44.3 Å². The number of aromatic nitrogens is 4. The van der Waals surface area contributed by atoms with E-state index in [1.54, 1.807) is 12.4 Å². The first-order chi connectivity index (χ1) is 16.5. The third-order valence-corrected chi connectivity index (χ3v) is 5.37. The number of imidazole rings is 1. The van der Waals surface area contributed by atoms with Crippen molar-refractivity contribution in [2.24, 2.45) is 12.0 Å². The van der Waals surface area contributed by atoms with E-state index in [0.717, 1.165) is 23.4 Å². The van der Waals surface area contributed by atoms with E-state index < -0.39 is 0 Å². The Hall–Kier alpha value is -4.27. The van der Waals surface area contributed by atoms with Gasteiger partial charge in [0.05, 0.1) is 12.9 Å². The molecule has 172 valence electrons. The van der Waals surface area contributed by atoms with E-state index >= 15 is 0 Å². The molecule has 5 rings (SSSR count). The molecular formula is C25H25N7O2. The molecule has 9 heteroatoms. The van der Waals surface area contributed by atoms with Crippen LogP contribution in [0.2, 0.25) is 0 Å². The van der Waals surface area contributed by atoms with E-state index in [-0.39, 0.29) is 18.6 Å². The van der Waals surface area contributed by atoms with Crippen molar-refractivity contribution in [1.29, 1.82) is 0 Å². The quantitative estimate of drug-likeness (QED) is 0.441. The lowest BCUT2D eigenvalue weighted by Gasteiger charge is -2.12. The maximum atomic E-state index is 11.9.